The van der Waals surface area contributed by atoms with E-state index in [1.165, 1.54) is 0 Å². The number of aryl methyl sites for hydroxylation is 1. The highest BCUT2D eigenvalue weighted by Gasteiger charge is 2.11. The summed E-state index contributed by atoms with van der Waals surface area (Å²) in [6, 6.07) is 17.3. The summed E-state index contributed by atoms with van der Waals surface area (Å²) < 4.78 is 5.82. The van der Waals surface area contributed by atoms with Crippen LogP contribution in [0.2, 0.25) is 0 Å². The third-order valence-corrected chi connectivity index (χ3v) is 3.16. The normalized spacial score (nSPS) is 11.9. The summed E-state index contributed by atoms with van der Waals surface area (Å²) in [4.78, 5) is 0. The minimum Gasteiger partial charge on any atom is -0.461 e. The fourth-order valence-corrected chi connectivity index (χ4v) is 2.32. The van der Waals surface area contributed by atoms with Crippen LogP contribution >= 0.6 is 0 Å². The Morgan fingerprint density at radius 2 is 1.63 bits per heavy atom. The van der Waals surface area contributed by atoms with Gasteiger partial charge in [0.05, 0.1) is 0 Å². The van der Waals surface area contributed by atoms with Crippen molar-refractivity contribution in [1.82, 2.24) is 0 Å². The number of hydrogen-bond donors (Lipinski definition) is 1. The van der Waals surface area contributed by atoms with Gasteiger partial charge in [-0.15, -0.1) is 0 Å². The minimum absolute atomic E-state index is 0.547. The third kappa shape index (κ3) is 1.89. The molecule has 0 amide bonds. The lowest BCUT2D eigenvalue weighted by molar-refractivity contribution is 0.302. The van der Waals surface area contributed by atoms with Crippen LogP contribution in [0.15, 0.2) is 64.2 Å². The molecule has 94 valence electrons. The summed E-state index contributed by atoms with van der Waals surface area (Å²) >= 11 is 0. The molecule has 0 unspecified atom stereocenters. The summed E-state index contributed by atoms with van der Waals surface area (Å²) in [5.74, 6) is 0.734. The second kappa shape index (κ2) is 4.61. The molecule has 0 aliphatic carbocycles. The molecule has 3 nitrogen and oxygen atoms in total. The van der Waals surface area contributed by atoms with Crippen molar-refractivity contribution in [1.29, 1.82) is 0 Å². The Balaban J connectivity index is 2.46. The average molecular weight is 251 g/mol. The maximum absolute atomic E-state index is 9.39. The highest BCUT2D eigenvalue weighted by Crippen LogP contribution is 2.23. The van der Waals surface area contributed by atoms with Gasteiger partial charge in [0.2, 0.25) is 0 Å². The first kappa shape index (κ1) is 11.5. The predicted molar refractivity (Wildman–Crippen MR) is 73.7 cm³/mol. The van der Waals surface area contributed by atoms with Crippen LogP contribution in [0.1, 0.15) is 5.76 Å². The van der Waals surface area contributed by atoms with Crippen molar-refractivity contribution in [2.75, 3.05) is 0 Å². The van der Waals surface area contributed by atoms with E-state index >= 15 is 0 Å². The van der Waals surface area contributed by atoms with E-state index in [2.05, 4.69) is 5.16 Å². The molecule has 0 fully saturated rings. The summed E-state index contributed by atoms with van der Waals surface area (Å²) in [5, 5.41) is 14.2. The fourth-order valence-electron chi connectivity index (χ4n) is 2.32. The zero-order valence-electron chi connectivity index (χ0n) is 10.5. The Labute approximate surface area is 110 Å². The van der Waals surface area contributed by atoms with Crippen molar-refractivity contribution in [2.45, 2.75) is 6.92 Å². The Kier molecular flexibility index (Phi) is 2.80. The molecule has 1 heterocycles. The van der Waals surface area contributed by atoms with Crippen LogP contribution in [0.25, 0.3) is 22.1 Å². The van der Waals surface area contributed by atoms with Crippen molar-refractivity contribution in [3.05, 3.63) is 65.7 Å². The number of benzene rings is 2. The van der Waals surface area contributed by atoms with Gasteiger partial charge in [-0.2, -0.15) is 0 Å². The molecule has 0 radical (unpaired) electrons. The lowest BCUT2D eigenvalue weighted by Crippen LogP contribution is -2.09. The van der Waals surface area contributed by atoms with E-state index in [9.17, 15) is 5.21 Å². The maximum atomic E-state index is 9.39. The standard InChI is InChI=1S/C16H13NO2/c1-11-15(12-7-3-2-4-8-12)16(17-18)13-9-5-6-10-14(13)19-11/h2-10,18H,1H3/b17-16+. The second-order valence-electron chi connectivity index (χ2n) is 4.34. The van der Waals surface area contributed by atoms with Gasteiger partial charge in [0.15, 0.2) is 0 Å². The molecule has 19 heavy (non-hydrogen) atoms. The zero-order chi connectivity index (χ0) is 13.2. The Hall–Kier alpha value is -2.55. The van der Waals surface area contributed by atoms with Gasteiger partial charge in [0, 0.05) is 10.9 Å². The molecule has 1 N–H and O–H groups in total. The highest BCUT2D eigenvalue weighted by molar-refractivity contribution is 5.82. The molecule has 0 saturated carbocycles. The van der Waals surface area contributed by atoms with E-state index in [1.807, 2.05) is 61.5 Å². The van der Waals surface area contributed by atoms with E-state index in [4.69, 9.17) is 4.42 Å². The quantitative estimate of drug-likeness (QED) is 0.529. The molecule has 0 saturated heterocycles. The second-order valence-corrected chi connectivity index (χ2v) is 4.34. The van der Waals surface area contributed by atoms with Crippen LogP contribution in [-0.2, 0) is 0 Å². The van der Waals surface area contributed by atoms with E-state index in [0.717, 1.165) is 22.3 Å². The molecule has 0 atom stereocenters. The largest absolute Gasteiger partial charge is 0.461 e. The average Bonchev–Trinajstić information content (AvgIpc) is 2.46. The van der Waals surface area contributed by atoms with Crippen molar-refractivity contribution >= 4 is 11.0 Å². The first-order chi connectivity index (χ1) is 9.31. The van der Waals surface area contributed by atoms with Gasteiger partial charge in [0.1, 0.15) is 16.7 Å². The SMILES string of the molecule is Cc1oc2ccccc2/c(=N\O)c1-c1ccccc1. The first-order valence-electron chi connectivity index (χ1n) is 6.07. The van der Waals surface area contributed by atoms with Gasteiger partial charge in [-0.1, -0.05) is 47.6 Å². The summed E-state index contributed by atoms with van der Waals surface area (Å²) in [7, 11) is 0. The van der Waals surface area contributed by atoms with Gasteiger partial charge in [-0.25, -0.2) is 0 Å². The van der Waals surface area contributed by atoms with Crippen molar-refractivity contribution in [2.24, 2.45) is 5.16 Å². The van der Waals surface area contributed by atoms with Gasteiger partial charge < -0.3 is 9.62 Å². The number of para-hydroxylation sites is 1. The molecule has 1 aromatic heterocycles. The van der Waals surface area contributed by atoms with E-state index < -0.39 is 0 Å². The molecule has 0 aliphatic rings. The van der Waals surface area contributed by atoms with E-state index in [0.29, 0.717) is 10.9 Å². The molecule has 2 aromatic carbocycles. The summed E-state index contributed by atoms with van der Waals surface area (Å²) in [6.07, 6.45) is 0. The Morgan fingerprint density at radius 3 is 2.37 bits per heavy atom. The smallest absolute Gasteiger partial charge is 0.136 e. The van der Waals surface area contributed by atoms with E-state index in [-0.39, 0.29) is 0 Å². The van der Waals surface area contributed by atoms with Crippen molar-refractivity contribution in [3.63, 3.8) is 0 Å². The highest BCUT2D eigenvalue weighted by atomic mass is 16.4. The van der Waals surface area contributed by atoms with Crippen LogP contribution in [0.4, 0.5) is 0 Å². The zero-order valence-corrected chi connectivity index (χ0v) is 10.5. The van der Waals surface area contributed by atoms with E-state index in [1.54, 1.807) is 0 Å². The first-order valence-corrected chi connectivity index (χ1v) is 6.07. The number of rotatable bonds is 1. The molecule has 0 aliphatic heterocycles. The Morgan fingerprint density at radius 1 is 0.947 bits per heavy atom. The topological polar surface area (TPSA) is 45.7 Å². The lowest BCUT2D eigenvalue weighted by atomic mass is 10.0. The number of fused-ring (bicyclic) bond motifs is 1. The molecular weight excluding hydrogens is 238 g/mol. The van der Waals surface area contributed by atoms with Crippen LogP contribution in [0.5, 0.6) is 0 Å². The third-order valence-electron chi connectivity index (χ3n) is 3.16. The monoisotopic (exact) mass is 251 g/mol. The van der Waals surface area contributed by atoms with Crippen molar-refractivity contribution in [3.8, 4) is 11.1 Å². The number of hydrogen-bond acceptors (Lipinski definition) is 3. The fraction of sp³-hybridized carbons (Fsp3) is 0.0625. The van der Waals surface area contributed by atoms with Crippen LogP contribution < -0.4 is 5.36 Å². The molecule has 0 spiro atoms. The minimum atomic E-state index is 0.547. The lowest BCUT2D eigenvalue weighted by Gasteiger charge is -2.08. The van der Waals surface area contributed by atoms with Gasteiger partial charge in [-0.3, -0.25) is 0 Å². The summed E-state index contributed by atoms with van der Waals surface area (Å²) in [5.41, 5.74) is 2.51. The van der Waals surface area contributed by atoms with Gasteiger partial charge in [0.25, 0.3) is 0 Å². The predicted octanol–water partition coefficient (Wildman–Crippen LogP) is 3.70. The van der Waals surface area contributed by atoms with Crippen LogP contribution in [-0.4, -0.2) is 5.21 Å². The molecule has 3 heteroatoms. The van der Waals surface area contributed by atoms with Gasteiger partial charge in [-0.05, 0) is 24.6 Å². The van der Waals surface area contributed by atoms with Crippen LogP contribution in [0, 0.1) is 6.92 Å². The van der Waals surface area contributed by atoms with Gasteiger partial charge >= 0.3 is 0 Å². The molecule has 0 bridgehead atoms. The molecule has 3 aromatic rings. The Bertz CT molecular complexity index is 789. The maximum Gasteiger partial charge on any atom is 0.136 e. The van der Waals surface area contributed by atoms with Crippen LogP contribution in [0.3, 0.4) is 0 Å². The van der Waals surface area contributed by atoms with Crippen molar-refractivity contribution < 1.29 is 9.62 Å². The summed E-state index contributed by atoms with van der Waals surface area (Å²) in [6.45, 7) is 1.88. The molecular formula is C16H13NO2. The number of nitrogens with zero attached hydrogens (tertiary/aromatic N) is 1. The molecule has 3 rings (SSSR count).